The smallest absolute Gasteiger partial charge is 0.239 e. The number of nitrogens with one attached hydrogen (secondary N) is 1. The molecule has 154 valence electrons. The van der Waals surface area contributed by atoms with Crippen LogP contribution in [0.4, 0.5) is 5.69 Å². The van der Waals surface area contributed by atoms with Gasteiger partial charge in [-0.2, -0.15) is 0 Å². The summed E-state index contributed by atoms with van der Waals surface area (Å²) in [4.78, 5) is 28.9. The lowest BCUT2D eigenvalue weighted by Crippen LogP contribution is -2.54. The number of nitrogens with zero attached hydrogens (tertiary/aromatic N) is 2. The largest absolute Gasteiger partial charge is 0.337 e. The minimum absolute atomic E-state index is 0.0875. The molecule has 7 heteroatoms. The molecule has 1 aliphatic carbocycles. The zero-order valence-corrected chi connectivity index (χ0v) is 18.2. The Bertz CT molecular complexity index is 735. The molecule has 1 saturated carbocycles. The number of hydrogen-bond donors (Lipinski definition) is 1. The Labute approximate surface area is 177 Å². The highest BCUT2D eigenvalue weighted by atomic mass is 35.5. The number of benzene rings is 1. The van der Waals surface area contributed by atoms with Crippen LogP contribution in [-0.4, -0.2) is 53.2 Å². The maximum atomic E-state index is 12.8. The maximum Gasteiger partial charge on any atom is 0.239 e. The standard InChI is InChI=1S/C21H29Cl2N3O2/c1-14-12-25(7-8-26(14)21(28)16-5-3-4-6-16)13-17-9-18(23)10-19(15(17)2)24-20(27)11-22/h9-10,14,16H,3-8,11-13H2,1-2H3,(H,24,27)/t14-/m0/s1. The van der Waals surface area contributed by atoms with Crippen LogP contribution in [0.1, 0.15) is 43.7 Å². The van der Waals surface area contributed by atoms with Gasteiger partial charge in [-0.05, 0) is 49.9 Å². The second-order valence-corrected chi connectivity index (χ2v) is 8.72. The van der Waals surface area contributed by atoms with Gasteiger partial charge in [0.2, 0.25) is 11.8 Å². The van der Waals surface area contributed by atoms with Crippen molar-refractivity contribution < 1.29 is 9.59 Å². The Morgan fingerprint density at radius 2 is 1.93 bits per heavy atom. The second-order valence-electron chi connectivity index (χ2n) is 8.02. The molecule has 1 heterocycles. The van der Waals surface area contributed by atoms with Crippen molar-refractivity contribution in [2.24, 2.45) is 5.92 Å². The number of anilines is 1. The van der Waals surface area contributed by atoms with E-state index in [2.05, 4.69) is 22.0 Å². The van der Waals surface area contributed by atoms with Crippen LogP contribution >= 0.6 is 23.2 Å². The molecule has 5 nitrogen and oxygen atoms in total. The number of amides is 2. The molecular formula is C21H29Cl2N3O2. The Morgan fingerprint density at radius 1 is 1.21 bits per heavy atom. The average Bonchev–Trinajstić information content (AvgIpc) is 3.19. The Hall–Kier alpha value is -1.30. The van der Waals surface area contributed by atoms with Gasteiger partial charge in [-0.15, -0.1) is 11.6 Å². The molecule has 0 aromatic heterocycles. The van der Waals surface area contributed by atoms with Gasteiger partial charge >= 0.3 is 0 Å². The van der Waals surface area contributed by atoms with Crippen LogP contribution < -0.4 is 5.32 Å². The molecule has 1 saturated heterocycles. The van der Waals surface area contributed by atoms with Crippen molar-refractivity contribution in [3.8, 4) is 0 Å². The molecule has 1 aromatic carbocycles. The van der Waals surface area contributed by atoms with Crippen LogP contribution in [0.25, 0.3) is 0 Å². The molecule has 1 aliphatic heterocycles. The lowest BCUT2D eigenvalue weighted by molar-refractivity contribution is -0.140. The monoisotopic (exact) mass is 425 g/mol. The molecule has 3 rings (SSSR count). The van der Waals surface area contributed by atoms with E-state index in [0.717, 1.165) is 50.1 Å². The van der Waals surface area contributed by atoms with Crippen molar-refractivity contribution in [3.05, 3.63) is 28.3 Å². The van der Waals surface area contributed by atoms with Crippen LogP contribution in [0, 0.1) is 12.8 Å². The number of rotatable bonds is 5. The first-order valence-electron chi connectivity index (χ1n) is 10.1. The first-order valence-corrected chi connectivity index (χ1v) is 11.0. The summed E-state index contributed by atoms with van der Waals surface area (Å²) in [6, 6.07) is 3.91. The number of alkyl halides is 1. The zero-order chi connectivity index (χ0) is 20.3. The van der Waals surface area contributed by atoms with E-state index in [1.807, 2.05) is 13.0 Å². The lowest BCUT2D eigenvalue weighted by Gasteiger charge is -2.41. The zero-order valence-electron chi connectivity index (χ0n) is 16.6. The third kappa shape index (κ3) is 5.00. The summed E-state index contributed by atoms with van der Waals surface area (Å²) in [5, 5.41) is 3.40. The Balaban J connectivity index is 1.65. The Kier molecular flexibility index (Phi) is 7.24. The molecule has 0 bridgehead atoms. The summed E-state index contributed by atoms with van der Waals surface area (Å²) in [6.07, 6.45) is 4.46. The Morgan fingerprint density at radius 3 is 2.57 bits per heavy atom. The summed E-state index contributed by atoms with van der Waals surface area (Å²) < 4.78 is 0. The lowest BCUT2D eigenvalue weighted by atomic mass is 10.0. The van der Waals surface area contributed by atoms with E-state index < -0.39 is 0 Å². The molecule has 1 atom stereocenters. The summed E-state index contributed by atoms with van der Waals surface area (Å²) in [7, 11) is 0. The minimum atomic E-state index is -0.245. The molecule has 2 aliphatic rings. The van der Waals surface area contributed by atoms with E-state index >= 15 is 0 Å². The van der Waals surface area contributed by atoms with Crippen molar-refractivity contribution in [1.82, 2.24) is 9.80 Å². The summed E-state index contributed by atoms with van der Waals surface area (Å²) in [5.41, 5.74) is 2.79. The van der Waals surface area contributed by atoms with Crippen molar-refractivity contribution in [1.29, 1.82) is 0 Å². The van der Waals surface area contributed by atoms with Crippen molar-refractivity contribution >= 4 is 40.7 Å². The third-order valence-electron chi connectivity index (χ3n) is 5.97. The van der Waals surface area contributed by atoms with Crippen LogP contribution in [0.15, 0.2) is 12.1 Å². The molecule has 1 N–H and O–H groups in total. The fraction of sp³-hybridized carbons (Fsp3) is 0.619. The van der Waals surface area contributed by atoms with Gasteiger partial charge in [0.05, 0.1) is 0 Å². The molecule has 0 radical (unpaired) electrons. The molecule has 0 spiro atoms. The quantitative estimate of drug-likeness (QED) is 0.723. The average molecular weight is 426 g/mol. The SMILES string of the molecule is Cc1c(CN2CCN(C(=O)C3CCCC3)[C@@H](C)C2)cc(Cl)cc1NC(=O)CCl. The fourth-order valence-electron chi connectivity index (χ4n) is 4.37. The van der Waals surface area contributed by atoms with Crippen LogP contribution in [0.2, 0.25) is 5.02 Å². The van der Waals surface area contributed by atoms with E-state index in [1.165, 1.54) is 12.8 Å². The van der Waals surface area contributed by atoms with Gasteiger partial charge < -0.3 is 10.2 Å². The van der Waals surface area contributed by atoms with Gasteiger partial charge in [-0.1, -0.05) is 24.4 Å². The number of halogens is 2. The van der Waals surface area contributed by atoms with E-state index in [1.54, 1.807) is 6.07 Å². The molecule has 0 unspecified atom stereocenters. The van der Waals surface area contributed by atoms with Crippen LogP contribution in [0.3, 0.4) is 0 Å². The predicted octanol–water partition coefficient (Wildman–Crippen LogP) is 4.05. The second kappa shape index (κ2) is 9.47. The van der Waals surface area contributed by atoms with Gasteiger partial charge in [0, 0.05) is 48.8 Å². The molecular weight excluding hydrogens is 397 g/mol. The highest BCUT2D eigenvalue weighted by molar-refractivity contribution is 6.31. The van der Waals surface area contributed by atoms with E-state index in [4.69, 9.17) is 23.2 Å². The topological polar surface area (TPSA) is 52.6 Å². The molecule has 28 heavy (non-hydrogen) atoms. The van der Waals surface area contributed by atoms with Gasteiger partial charge in [0.25, 0.3) is 0 Å². The highest BCUT2D eigenvalue weighted by Gasteiger charge is 2.33. The van der Waals surface area contributed by atoms with E-state index in [0.29, 0.717) is 16.6 Å². The predicted molar refractivity (Wildman–Crippen MR) is 114 cm³/mol. The maximum absolute atomic E-state index is 12.8. The molecule has 2 fully saturated rings. The summed E-state index contributed by atoms with van der Waals surface area (Å²) in [5.74, 6) is 0.244. The van der Waals surface area contributed by atoms with Gasteiger partial charge in [0.15, 0.2) is 0 Å². The summed E-state index contributed by atoms with van der Waals surface area (Å²) >= 11 is 11.9. The molecule has 2 amide bonds. The van der Waals surface area contributed by atoms with Crippen molar-refractivity contribution in [2.75, 3.05) is 30.8 Å². The highest BCUT2D eigenvalue weighted by Crippen LogP contribution is 2.29. The first kappa shape index (κ1) is 21.4. The summed E-state index contributed by atoms with van der Waals surface area (Å²) in [6.45, 7) is 7.32. The molecule has 1 aromatic rings. The van der Waals surface area contributed by atoms with Crippen LogP contribution in [0.5, 0.6) is 0 Å². The number of piperazine rings is 1. The first-order chi connectivity index (χ1) is 13.4. The van der Waals surface area contributed by atoms with Gasteiger partial charge in [-0.25, -0.2) is 0 Å². The number of carbonyl (C=O) groups is 2. The van der Waals surface area contributed by atoms with Crippen LogP contribution in [-0.2, 0) is 16.1 Å². The van der Waals surface area contributed by atoms with E-state index in [9.17, 15) is 9.59 Å². The minimum Gasteiger partial charge on any atom is -0.337 e. The number of hydrogen-bond acceptors (Lipinski definition) is 3. The van der Waals surface area contributed by atoms with Gasteiger partial charge in [-0.3, -0.25) is 14.5 Å². The van der Waals surface area contributed by atoms with E-state index in [-0.39, 0.29) is 23.7 Å². The normalized spacial score (nSPS) is 21.1. The van der Waals surface area contributed by atoms with Crippen molar-refractivity contribution in [3.63, 3.8) is 0 Å². The number of carbonyl (C=O) groups excluding carboxylic acids is 2. The van der Waals surface area contributed by atoms with Crippen molar-refractivity contribution in [2.45, 2.75) is 52.1 Å². The third-order valence-corrected chi connectivity index (χ3v) is 6.43. The fourth-order valence-corrected chi connectivity index (χ4v) is 4.67. The van der Waals surface area contributed by atoms with Gasteiger partial charge in [0.1, 0.15) is 5.88 Å².